The Balaban J connectivity index is 2.04. The number of halogens is 4. The maximum Gasteiger partial charge on any atom is 0.426 e. The van der Waals surface area contributed by atoms with Crippen molar-refractivity contribution >= 4 is 5.97 Å². The molecule has 1 atom stereocenters. The maximum absolute atomic E-state index is 13.1. The molecule has 3 nitrogen and oxygen atoms in total. The van der Waals surface area contributed by atoms with Gasteiger partial charge in [-0.1, -0.05) is 12.5 Å². The van der Waals surface area contributed by atoms with E-state index in [9.17, 15) is 22.4 Å². The van der Waals surface area contributed by atoms with Gasteiger partial charge >= 0.3 is 12.1 Å². The lowest BCUT2D eigenvalue weighted by molar-refractivity contribution is -0.209. The molecule has 0 aliphatic carbocycles. The van der Waals surface area contributed by atoms with Gasteiger partial charge in [0.1, 0.15) is 5.82 Å². The van der Waals surface area contributed by atoms with Crippen molar-refractivity contribution in [2.24, 2.45) is 0 Å². The van der Waals surface area contributed by atoms with Crippen LogP contribution in [0.3, 0.4) is 0 Å². The summed E-state index contributed by atoms with van der Waals surface area (Å²) in [5.41, 5.74) is -0.229. The van der Waals surface area contributed by atoms with Crippen molar-refractivity contribution in [3.63, 3.8) is 0 Å². The van der Waals surface area contributed by atoms with E-state index in [1.54, 1.807) is 4.90 Å². The van der Waals surface area contributed by atoms with Crippen LogP contribution in [0, 0.1) is 5.82 Å². The first-order chi connectivity index (χ1) is 10.4. The summed E-state index contributed by atoms with van der Waals surface area (Å²) in [6.07, 6.45) is -4.19. The molecular formula is C15H17F4NO2. The second-order valence-corrected chi connectivity index (χ2v) is 5.31. The molecule has 0 saturated carbocycles. The number of piperidine rings is 1. The van der Waals surface area contributed by atoms with Crippen LogP contribution in [-0.2, 0) is 4.74 Å². The number of likely N-dealkylation sites (tertiary alicyclic amines) is 1. The Morgan fingerprint density at radius 2 is 1.91 bits per heavy atom. The van der Waals surface area contributed by atoms with Crippen molar-refractivity contribution in [2.45, 2.75) is 31.5 Å². The SMILES string of the molecule is O=C(O[C@@H](CN1CCCCC1)C(F)(F)F)c1cccc(F)c1. The molecule has 122 valence electrons. The predicted octanol–water partition coefficient (Wildman–Crippen LogP) is 3.40. The first-order valence-corrected chi connectivity index (χ1v) is 7.12. The summed E-state index contributed by atoms with van der Waals surface area (Å²) in [5.74, 6) is -1.87. The van der Waals surface area contributed by atoms with E-state index in [1.165, 1.54) is 12.1 Å². The van der Waals surface area contributed by atoms with E-state index in [2.05, 4.69) is 4.74 Å². The highest BCUT2D eigenvalue weighted by Gasteiger charge is 2.44. The molecule has 0 spiro atoms. The van der Waals surface area contributed by atoms with Gasteiger partial charge in [-0.15, -0.1) is 0 Å². The molecule has 0 amide bonds. The van der Waals surface area contributed by atoms with Crippen molar-refractivity contribution in [1.29, 1.82) is 0 Å². The number of hydrogen-bond donors (Lipinski definition) is 0. The van der Waals surface area contributed by atoms with Gasteiger partial charge in [-0.05, 0) is 44.1 Å². The summed E-state index contributed by atoms with van der Waals surface area (Å²) in [7, 11) is 0. The number of rotatable bonds is 4. The topological polar surface area (TPSA) is 29.5 Å². The minimum absolute atomic E-state index is 0.229. The number of ether oxygens (including phenoxy) is 1. The van der Waals surface area contributed by atoms with Crippen molar-refractivity contribution in [3.05, 3.63) is 35.6 Å². The van der Waals surface area contributed by atoms with Crippen molar-refractivity contribution in [2.75, 3.05) is 19.6 Å². The van der Waals surface area contributed by atoms with E-state index >= 15 is 0 Å². The number of esters is 1. The fourth-order valence-electron chi connectivity index (χ4n) is 2.40. The van der Waals surface area contributed by atoms with Gasteiger partial charge in [0.2, 0.25) is 6.10 Å². The van der Waals surface area contributed by atoms with Gasteiger partial charge in [0, 0.05) is 6.54 Å². The zero-order valence-corrected chi connectivity index (χ0v) is 11.9. The molecule has 0 radical (unpaired) electrons. The van der Waals surface area contributed by atoms with Crippen LogP contribution in [0.2, 0.25) is 0 Å². The van der Waals surface area contributed by atoms with Crippen LogP contribution in [-0.4, -0.2) is 42.8 Å². The van der Waals surface area contributed by atoms with Gasteiger partial charge in [0.15, 0.2) is 0 Å². The Bertz CT molecular complexity index is 513. The van der Waals surface area contributed by atoms with Crippen LogP contribution >= 0.6 is 0 Å². The number of carbonyl (C=O) groups is 1. The molecule has 1 fully saturated rings. The van der Waals surface area contributed by atoms with Crippen molar-refractivity contribution in [3.8, 4) is 0 Å². The summed E-state index contributed by atoms with van der Waals surface area (Å²) < 4.78 is 56.8. The third-order valence-electron chi connectivity index (χ3n) is 3.55. The van der Waals surface area contributed by atoms with Crippen LogP contribution in [0.25, 0.3) is 0 Å². The monoisotopic (exact) mass is 319 g/mol. The van der Waals surface area contributed by atoms with E-state index in [0.717, 1.165) is 31.4 Å². The number of alkyl halides is 3. The highest BCUT2D eigenvalue weighted by molar-refractivity contribution is 5.89. The fourth-order valence-corrected chi connectivity index (χ4v) is 2.40. The van der Waals surface area contributed by atoms with E-state index in [1.807, 2.05) is 0 Å². The third kappa shape index (κ3) is 4.69. The number of nitrogens with zero attached hydrogens (tertiary/aromatic N) is 1. The Labute approximate surface area is 125 Å². The van der Waals surface area contributed by atoms with Gasteiger partial charge in [0.25, 0.3) is 0 Å². The van der Waals surface area contributed by atoms with Crippen molar-refractivity contribution < 1.29 is 27.1 Å². The van der Waals surface area contributed by atoms with Crippen LogP contribution in [0.15, 0.2) is 24.3 Å². The zero-order chi connectivity index (χ0) is 16.2. The molecule has 2 rings (SSSR count). The van der Waals surface area contributed by atoms with E-state index in [0.29, 0.717) is 13.1 Å². The summed E-state index contributed by atoms with van der Waals surface area (Å²) in [4.78, 5) is 13.4. The number of hydrogen-bond acceptors (Lipinski definition) is 3. The number of carbonyl (C=O) groups excluding carboxylic acids is 1. The molecular weight excluding hydrogens is 302 g/mol. The first kappa shape index (κ1) is 16.7. The molecule has 0 N–H and O–H groups in total. The van der Waals surface area contributed by atoms with Crippen molar-refractivity contribution in [1.82, 2.24) is 4.90 Å². The highest BCUT2D eigenvalue weighted by atomic mass is 19.4. The fraction of sp³-hybridized carbons (Fsp3) is 0.533. The Hall–Kier alpha value is -1.63. The molecule has 1 aliphatic heterocycles. The quantitative estimate of drug-likeness (QED) is 0.629. The summed E-state index contributed by atoms with van der Waals surface area (Å²) >= 11 is 0. The second-order valence-electron chi connectivity index (χ2n) is 5.31. The summed E-state index contributed by atoms with van der Waals surface area (Å²) in [6, 6.07) is 4.43. The maximum atomic E-state index is 13.1. The van der Waals surface area contributed by atoms with Crippen LogP contribution in [0.4, 0.5) is 17.6 Å². The molecule has 0 unspecified atom stereocenters. The predicted molar refractivity (Wildman–Crippen MR) is 71.9 cm³/mol. The van der Waals surface area contributed by atoms with E-state index in [-0.39, 0.29) is 12.1 Å². The normalized spacial score (nSPS) is 18.0. The lowest BCUT2D eigenvalue weighted by Gasteiger charge is -2.31. The minimum Gasteiger partial charge on any atom is -0.448 e. The molecule has 22 heavy (non-hydrogen) atoms. The lowest BCUT2D eigenvalue weighted by atomic mass is 10.1. The Morgan fingerprint density at radius 1 is 1.23 bits per heavy atom. The molecule has 1 saturated heterocycles. The second kappa shape index (κ2) is 7.09. The lowest BCUT2D eigenvalue weighted by Crippen LogP contribution is -2.45. The zero-order valence-electron chi connectivity index (χ0n) is 11.9. The molecule has 1 heterocycles. The van der Waals surface area contributed by atoms with E-state index in [4.69, 9.17) is 0 Å². The van der Waals surface area contributed by atoms with Crippen LogP contribution < -0.4 is 0 Å². The highest BCUT2D eigenvalue weighted by Crippen LogP contribution is 2.26. The molecule has 1 aliphatic rings. The Morgan fingerprint density at radius 3 is 2.50 bits per heavy atom. The smallest absolute Gasteiger partial charge is 0.426 e. The number of benzene rings is 1. The first-order valence-electron chi connectivity index (χ1n) is 7.12. The summed E-state index contributed by atoms with van der Waals surface area (Å²) in [5, 5.41) is 0. The molecule has 1 aromatic carbocycles. The van der Waals surface area contributed by atoms with Gasteiger partial charge in [0.05, 0.1) is 5.56 Å². The van der Waals surface area contributed by atoms with Crippen LogP contribution in [0.5, 0.6) is 0 Å². The average Bonchev–Trinajstić information content (AvgIpc) is 2.46. The molecule has 0 aromatic heterocycles. The summed E-state index contributed by atoms with van der Waals surface area (Å²) in [6.45, 7) is 0.735. The minimum atomic E-state index is -4.65. The third-order valence-corrected chi connectivity index (χ3v) is 3.55. The van der Waals surface area contributed by atoms with Gasteiger partial charge in [-0.2, -0.15) is 13.2 Å². The Kier molecular flexibility index (Phi) is 5.39. The van der Waals surface area contributed by atoms with Crippen LogP contribution in [0.1, 0.15) is 29.6 Å². The van der Waals surface area contributed by atoms with Gasteiger partial charge in [-0.25, -0.2) is 9.18 Å². The average molecular weight is 319 g/mol. The van der Waals surface area contributed by atoms with E-state index < -0.39 is 24.1 Å². The largest absolute Gasteiger partial charge is 0.448 e. The standard InChI is InChI=1S/C15H17F4NO2/c16-12-6-4-5-11(9-12)14(21)22-13(15(17,18)19)10-20-7-2-1-3-8-20/h4-6,9,13H,1-3,7-8,10H2/t13-/m0/s1. The molecule has 7 heteroatoms. The van der Waals surface area contributed by atoms with Gasteiger partial charge in [-0.3, -0.25) is 4.90 Å². The molecule has 0 bridgehead atoms. The van der Waals surface area contributed by atoms with Gasteiger partial charge < -0.3 is 4.74 Å². The molecule has 1 aromatic rings.